The first-order chi connectivity index (χ1) is 10.1. The number of nitrogens with zero attached hydrogens (tertiary/aromatic N) is 1. The molecule has 1 aromatic rings. The molecule has 21 heavy (non-hydrogen) atoms. The third-order valence-corrected chi connectivity index (χ3v) is 4.44. The van der Waals surface area contributed by atoms with Gasteiger partial charge in [-0.1, -0.05) is 43.0 Å². The molecule has 0 spiro atoms. The van der Waals surface area contributed by atoms with Gasteiger partial charge in [-0.2, -0.15) is 0 Å². The number of halogens is 1. The number of hydrogen-bond acceptors (Lipinski definition) is 3. The number of aliphatic hydroxyl groups is 1. The van der Waals surface area contributed by atoms with Crippen LogP contribution in [0.5, 0.6) is 0 Å². The molecule has 0 bridgehead atoms. The molecule has 0 aliphatic heterocycles. The van der Waals surface area contributed by atoms with Gasteiger partial charge in [-0.25, -0.2) is 0 Å². The van der Waals surface area contributed by atoms with Crippen LogP contribution < -0.4 is 0 Å². The molecule has 1 saturated carbocycles. The van der Waals surface area contributed by atoms with Gasteiger partial charge >= 0.3 is 0 Å². The predicted molar refractivity (Wildman–Crippen MR) is 86.6 cm³/mol. The molecule has 2 rings (SSSR count). The molecule has 0 amide bonds. The maximum absolute atomic E-state index is 10.1. The molecule has 1 aromatic carbocycles. The van der Waals surface area contributed by atoms with Crippen molar-refractivity contribution < 1.29 is 9.84 Å². The Kier molecular flexibility index (Phi) is 6.97. The fraction of sp³-hybridized carbons (Fsp3) is 0.647. The van der Waals surface area contributed by atoms with Gasteiger partial charge in [0.25, 0.3) is 0 Å². The maximum atomic E-state index is 10.1. The summed E-state index contributed by atoms with van der Waals surface area (Å²) in [6, 6.07) is 8.23. The van der Waals surface area contributed by atoms with E-state index in [-0.39, 0.29) is 0 Å². The van der Waals surface area contributed by atoms with Gasteiger partial charge < -0.3 is 14.7 Å². The van der Waals surface area contributed by atoms with E-state index >= 15 is 0 Å². The second kappa shape index (κ2) is 8.74. The van der Waals surface area contributed by atoms with Gasteiger partial charge in [-0.05, 0) is 37.6 Å². The summed E-state index contributed by atoms with van der Waals surface area (Å²) in [7, 11) is 2.11. The lowest BCUT2D eigenvalue weighted by atomic mass is 9.94. The van der Waals surface area contributed by atoms with Gasteiger partial charge in [0.1, 0.15) is 0 Å². The Bertz CT molecular complexity index is 404. The van der Waals surface area contributed by atoms with Crippen molar-refractivity contribution in [3.8, 4) is 0 Å². The number of rotatable bonds is 7. The Balaban J connectivity index is 1.64. The van der Waals surface area contributed by atoms with E-state index in [1.54, 1.807) is 0 Å². The fourth-order valence-corrected chi connectivity index (χ4v) is 3.08. The number of aliphatic hydroxyl groups excluding tert-OH is 1. The molecule has 1 N–H and O–H groups in total. The van der Waals surface area contributed by atoms with Crippen LogP contribution in [0.3, 0.4) is 0 Å². The molecule has 1 atom stereocenters. The molecule has 4 heteroatoms. The summed E-state index contributed by atoms with van der Waals surface area (Å²) >= 11 is 5.84. The molecular weight excluding hydrogens is 286 g/mol. The van der Waals surface area contributed by atoms with Crippen molar-refractivity contribution >= 4 is 11.6 Å². The Labute approximate surface area is 132 Å². The highest BCUT2D eigenvalue weighted by molar-refractivity contribution is 6.30. The summed E-state index contributed by atoms with van der Waals surface area (Å²) in [6.07, 6.45) is 6.08. The van der Waals surface area contributed by atoms with Crippen LogP contribution in [0, 0.1) is 0 Å². The van der Waals surface area contributed by atoms with E-state index in [2.05, 4.69) is 11.9 Å². The van der Waals surface area contributed by atoms with E-state index in [1.807, 2.05) is 24.3 Å². The number of likely N-dealkylation sites (N-methyl/N-ethyl adjacent to an activating group) is 1. The smallest absolute Gasteiger partial charge is 0.0900 e. The zero-order chi connectivity index (χ0) is 15.1. The van der Waals surface area contributed by atoms with Gasteiger partial charge in [0.2, 0.25) is 0 Å². The van der Waals surface area contributed by atoms with E-state index in [0.717, 1.165) is 10.6 Å². The highest BCUT2D eigenvalue weighted by Crippen LogP contribution is 2.21. The summed E-state index contributed by atoms with van der Waals surface area (Å²) < 4.78 is 5.59. The molecule has 1 aliphatic rings. The zero-order valence-electron chi connectivity index (χ0n) is 12.8. The second-order valence-corrected chi connectivity index (χ2v) is 6.46. The first kappa shape index (κ1) is 16.8. The first-order valence-electron chi connectivity index (χ1n) is 7.85. The number of ether oxygens (including phenoxy) is 1. The van der Waals surface area contributed by atoms with Crippen molar-refractivity contribution in [1.82, 2.24) is 4.90 Å². The lowest BCUT2D eigenvalue weighted by Gasteiger charge is -2.32. The average molecular weight is 312 g/mol. The quantitative estimate of drug-likeness (QED) is 0.837. The molecule has 0 saturated heterocycles. The van der Waals surface area contributed by atoms with E-state index in [0.29, 0.717) is 25.8 Å². The minimum Gasteiger partial charge on any atom is -0.389 e. The molecule has 118 valence electrons. The van der Waals surface area contributed by atoms with Crippen LogP contribution in [0.4, 0.5) is 0 Å². The van der Waals surface area contributed by atoms with Crippen LogP contribution in [-0.4, -0.2) is 42.4 Å². The summed E-state index contributed by atoms with van der Waals surface area (Å²) in [5, 5.41) is 10.8. The highest BCUT2D eigenvalue weighted by Gasteiger charge is 2.19. The predicted octanol–water partition coefficient (Wildman–Crippen LogP) is 3.48. The normalized spacial score (nSPS) is 18.1. The molecule has 0 radical (unpaired) electrons. The summed E-state index contributed by atoms with van der Waals surface area (Å²) in [4.78, 5) is 2.29. The van der Waals surface area contributed by atoms with Crippen molar-refractivity contribution in [3.63, 3.8) is 0 Å². The lowest BCUT2D eigenvalue weighted by Crippen LogP contribution is -2.40. The van der Waals surface area contributed by atoms with Crippen molar-refractivity contribution in [2.24, 2.45) is 0 Å². The van der Waals surface area contributed by atoms with Gasteiger partial charge in [0, 0.05) is 17.6 Å². The molecule has 1 aliphatic carbocycles. The molecular formula is C17H26ClNO2. The number of hydrogen-bond donors (Lipinski definition) is 1. The standard InChI is InChI=1S/C17H26ClNO2/c1-19(16-5-3-2-4-6-16)11-17(20)13-21-12-14-7-9-15(18)10-8-14/h7-10,16-17,20H,2-6,11-13H2,1H3/t17-/m1/s1. The van der Waals surface area contributed by atoms with Crippen LogP contribution in [0.25, 0.3) is 0 Å². The molecule has 0 heterocycles. The van der Waals surface area contributed by atoms with Crippen molar-refractivity contribution in [3.05, 3.63) is 34.9 Å². The van der Waals surface area contributed by atoms with E-state index in [4.69, 9.17) is 16.3 Å². The summed E-state index contributed by atoms with van der Waals surface area (Å²) in [5.74, 6) is 0. The Hall–Kier alpha value is -0.610. The Morgan fingerprint density at radius 3 is 2.57 bits per heavy atom. The molecule has 0 unspecified atom stereocenters. The van der Waals surface area contributed by atoms with Gasteiger partial charge in [0.05, 0.1) is 19.3 Å². The van der Waals surface area contributed by atoms with E-state index in [9.17, 15) is 5.11 Å². The monoisotopic (exact) mass is 311 g/mol. The zero-order valence-corrected chi connectivity index (χ0v) is 13.6. The first-order valence-corrected chi connectivity index (χ1v) is 8.23. The van der Waals surface area contributed by atoms with Crippen molar-refractivity contribution in [2.45, 2.75) is 50.9 Å². The van der Waals surface area contributed by atoms with Crippen LogP contribution in [-0.2, 0) is 11.3 Å². The second-order valence-electron chi connectivity index (χ2n) is 6.03. The van der Waals surface area contributed by atoms with Crippen LogP contribution in [0.15, 0.2) is 24.3 Å². The molecule has 3 nitrogen and oxygen atoms in total. The van der Waals surface area contributed by atoms with Crippen LogP contribution in [0.1, 0.15) is 37.7 Å². The lowest BCUT2D eigenvalue weighted by molar-refractivity contribution is 0.00488. The highest BCUT2D eigenvalue weighted by atomic mass is 35.5. The van der Waals surface area contributed by atoms with E-state index in [1.165, 1.54) is 32.1 Å². The minimum atomic E-state index is -0.427. The van der Waals surface area contributed by atoms with Crippen LogP contribution in [0.2, 0.25) is 5.02 Å². The average Bonchev–Trinajstić information content (AvgIpc) is 2.50. The fourth-order valence-electron chi connectivity index (χ4n) is 2.95. The molecule has 0 aromatic heterocycles. The maximum Gasteiger partial charge on any atom is 0.0900 e. The van der Waals surface area contributed by atoms with E-state index < -0.39 is 6.10 Å². The Morgan fingerprint density at radius 1 is 1.24 bits per heavy atom. The molecule has 1 fully saturated rings. The van der Waals surface area contributed by atoms with Gasteiger partial charge in [-0.15, -0.1) is 0 Å². The van der Waals surface area contributed by atoms with Crippen LogP contribution >= 0.6 is 11.6 Å². The summed E-state index contributed by atoms with van der Waals surface area (Å²) in [6.45, 7) is 1.58. The SMILES string of the molecule is CN(C[C@@H](O)COCc1ccc(Cl)cc1)C1CCCCC1. The van der Waals surface area contributed by atoms with Crippen molar-refractivity contribution in [1.29, 1.82) is 0 Å². The van der Waals surface area contributed by atoms with Gasteiger partial charge in [0.15, 0.2) is 0 Å². The summed E-state index contributed by atoms with van der Waals surface area (Å²) in [5.41, 5.74) is 1.08. The third-order valence-electron chi connectivity index (χ3n) is 4.19. The van der Waals surface area contributed by atoms with Gasteiger partial charge in [-0.3, -0.25) is 0 Å². The topological polar surface area (TPSA) is 32.7 Å². The Morgan fingerprint density at radius 2 is 1.90 bits per heavy atom. The number of benzene rings is 1. The minimum absolute atomic E-state index is 0.375. The largest absolute Gasteiger partial charge is 0.389 e. The van der Waals surface area contributed by atoms with Crippen molar-refractivity contribution in [2.75, 3.05) is 20.2 Å². The third kappa shape index (κ3) is 5.95.